The maximum atomic E-state index is 13.4. The van der Waals surface area contributed by atoms with E-state index in [1.165, 1.54) is 6.07 Å². The van der Waals surface area contributed by atoms with Gasteiger partial charge in [0.05, 0.1) is 12.2 Å². The van der Waals surface area contributed by atoms with Gasteiger partial charge in [0.2, 0.25) is 5.56 Å². The fourth-order valence-corrected chi connectivity index (χ4v) is 3.43. The van der Waals surface area contributed by atoms with Crippen LogP contribution in [0.25, 0.3) is 10.9 Å². The highest BCUT2D eigenvalue weighted by Gasteiger charge is 2.25. The molecule has 0 saturated carbocycles. The lowest BCUT2D eigenvalue weighted by Crippen LogP contribution is -2.36. The number of rotatable bonds is 4. The lowest BCUT2D eigenvalue weighted by Gasteiger charge is -2.26. The number of anilines is 1. The summed E-state index contributed by atoms with van der Waals surface area (Å²) < 4.78 is 5.48. The van der Waals surface area contributed by atoms with Crippen LogP contribution in [0.4, 0.5) is 5.69 Å². The van der Waals surface area contributed by atoms with E-state index in [1.54, 1.807) is 4.90 Å². The van der Waals surface area contributed by atoms with Gasteiger partial charge in [0.1, 0.15) is 0 Å². The predicted molar refractivity (Wildman–Crippen MR) is 102 cm³/mol. The molecule has 5 heteroatoms. The Bertz CT molecular complexity index is 975. The maximum absolute atomic E-state index is 13.4. The van der Waals surface area contributed by atoms with Crippen LogP contribution in [0.5, 0.6) is 0 Å². The van der Waals surface area contributed by atoms with Gasteiger partial charge in [0.25, 0.3) is 5.91 Å². The van der Waals surface area contributed by atoms with E-state index in [0.717, 1.165) is 24.1 Å². The first-order valence-electron chi connectivity index (χ1n) is 8.79. The molecule has 2 heterocycles. The van der Waals surface area contributed by atoms with E-state index in [4.69, 9.17) is 4.74 Å². The smallest absolute Gasteiger partial charge is 0.259 e. The van der Waals surface area contributed by atoms with Crippen molar-refractivity contribution in [3.8, 4) is 0 Å². The molecule has 4 rings (SSSR count). The number of carbonyl (C=O) groups excluding carboxylic acids is 1. The van der Waals surface area contributed by atoms with Crippen LogP contribution >= 0.6 is 0 Å². The number of ether oxygens (including phenoxy) is 1. The molecule has 1 saturated heterocycles. The van der Waals surface area contributed by atoms with Gasteiger partial charge in [-0.3, -0.25) is 9.59 Å². The second kappa shape index (κ2) is 7.14. The summed E-state index contributed by atoms with van der Waals surface area (Å²) in [6.07, 6.45) is 0.937. The molecule has 0 bridgehead atoms. The molecule has 1 aliphatic heterocycles. The molecule has 1 fully saturated rings. The quantitative estimate of drug-likeness (QED) is 0.787. The molecule has 2 aromatic carbocycles. The summed E-state index contributed by atoms with van der Waals surface area (Å²) in [7, 11) is 0. The van der Waals surface area contributed by atoms with Crippen molar-refractivity contribution in [2.45, 2.75) is 6.42 Å². The average Bonchev–Trinajstić information content (AvgIpc) is 3.19. The van der Waals surface area contributed by atoms with Gasteiger partial charge in [0.15, 0.2) is 0 Å². The van der Waals surface area contributed by atoms with Crippen LogP contribution in [0.1, 0.15) is 16.8 Å². The van der Waals surface area contributed by atoms with Crippen molar-refractivity contribution < 1.29 is 9.53 Å². The normalized spacial score (nSPS) is 16.7. The van der Waals surface area contributed by atoms with Crippen LogP contribution in [-0.4, -0.2) is 30.6 Å². The number of aromatic nitrogens is 1. The monoisotopic (exact) mass is 348 g/mol. The fraction of sp³-hybridized carbons (Fsp3) is 0.238. The summed E-state index contributed by atoms with van der Waals surface area (Å²) >= 11 is 0. The summed E-state index contributed by atoms with van der Waals surface area (Å²) in [6, 6.07) is 18.4. The zero-order valence-electron chi connectivity index (χ0n) is 14.4. The molecule has 26 heavy (non-hydrogen) atoms. The van der Waals surface area contributed by atoms with Gasteiger partial charge >= 0.3 is 0 Å². The minimum atomic E-state index is -0.274. The highest BCUT2D eigenvalue weighted by molar-refractivity contribution is 6.13. The van der Waals surface area contributed by atoms with E-state index in [0.29, 0.717) is 30.1 Å². The lowest BCUT2D eigenvalue weighted by atomic mass is 10.0. The Morgan fingerprint density at radius 3 is 2.65 bits per heavy atom. The van der Waals surface area contributed by atoms with Gasteiger partial charge in [-0.15, -0.1) is 0 Å². The van der Waals surface area contributed by atoms with Crippen LogP contribution < -0.4 is 10.5 Å². The second-order valence-electron chi connectivity index (χ2n) is 6.57. The minimum Gasteiger partial charge on any atom is -0.381 e. The van der Waals surface area contributed by atoms with E-state index < -0.39 is 0 Å². The van der Waals surface area contributed by atoms with Gasteiger partial charge in [-0.25, -0.2) is 0 Å². The Hall–Kier alpha value is -2.92. The number of benzene rings is 2. The molecule has 1 amide bonds. The number of nitrogens with zero attached hydrogens (tertiary/aromatic N) is 1. The molecule has 0 spiro atoms. The number of hydrogen-bond acceptors (Lipinski definition) is 3. The first-order valence-corrected chi connectivity index (χ1v) is 8.79. The first-order chi connectivity index (χ1) is 12.7. The predicted octanol–water partition coefficient (Wildman–Crippen LogP) is 3.21. The zero-order valence-corrected chi connectivity index (χ0v) is 14.4. The average molecular weight is 348 g/mol. The lowest BCUT2D eigenvalue weighted by molar-refractivity contribution is 0.0982. The number of H-pyrrole nitrogens is 1. The van der Waals surface area contributed by atoms with Crippen LogP contribution in [0, 0.1) is 5.92 Å². The Morgan fingerprint density at radius 1 is 1.12 bits per heavy atom. The van der Waals surface area contributed by atoms with Crippen LogP contribution in [-0.2, 0) is 4.74 Å². The van der Waals surface area contributed by atoms with Gasteiger partial charge in [-0.05, 0) is 24.6 Å². The number of aromatic amines is 1. The van der Waals surface area contributed by atoms with Crippen LogP contribution in [0.15, 0.2) is 65.5 Å². The number of hydrogen-bond donors (Lipinski definition) is 1. The Morgan fingerprint density at radius 2 is 1.88 bits per heavy atom. The van der Waals surface area contributed by atoms with Crippen molar-refractivity contribution >= 4 is 22.5 Å². The molecular formula is C21H20N2O3. The highest BCUT2D eigenvalue weighted by atomic mass is 16.5. The van der Waals surface area contributed by atoms with Crippen molar-refractivity contribution in [1.82, 2.24) is 4.98 Å². The van der Waals surface area contributed by atoms with E-state index in [2.05, 4.69) is 4.98 Å². The summed E-state index contributed by atoms with van der Waals surface area (Å²) in [6.45, 7) is 1.96. The molecule has 3 aromatic rings. The van der Waals surface area contributed by atoms with Gasteiger partial charge in [-0.1, -0.05) is 36.4 Å². The van der Waals surface area contributed by atoms with Crippen molar-refractivity contribution in [2.75, 3.05) is 24.7 Å². The highest BCUT2D eigenvalue weighted by Crippen LogP contribution is 2.24. The summed E-state index contributed by atoms with van der Waals surface area (Å²) in [5.74, 6) is 0.137. The number of carbonyl (C=O) groups is 1. The first kappa shape index (κ1) is 16.5. The maximum Gasteiger partial charge on any atom is 0.259 e. The molecular weight excluding hydrogens is 328 g/mol. The summed E-state index contributed by atoms with van der Waals surface area (Å²) in [4.78, 5) is 30.1. The SMILES string of the molecule is O=C(c1cc(=O)[nH]c2ccccc12)N(C[C@@H]1CCOC1)c1ccccc1. The number of amides is 1. The Balaban J connectivity index is 1.78. The molecule has 0 radical (unpaired) electrons. The van der Waals surface area contributed by atoms with Crippen molar-refractivity contribution in [3.63, 3.8) is 0 Å². The molecule has 1 N–H and O–H groups in total. The third kappa shape index (κ3) is 3.26. The Kier molecular flexibility index (Phi) is 4.54. The van der Waals surface area contributed by atoms with Crippen molar-refractivity contribution in [3.05, 3.63) is 76.6 Å². The topological polar surface area (TPSA) is 62.4 Å². The van der Waals surface area contributed by atoms with Crippen LogP contribution in [0.3, 0.4) is 0 Å². The third-order valence-corrected chi connectivity index (χ3v) is 4.76. The van der Waals surface area contributed by atoms with Crippen LogP contribution in [0.2, 0.25) is 0 Å². The number of fused-ring (bicyclic) bond motifs is 1. The minimum absolute atomic E-state index is 0.162. The van der Waals surface area contributed by atoms with Gasteiger partial charge in [-0.2, -0.15) is 0 Å². The van der Waals surface area contributed by atoms with E-state index >= 15 is 0 Å². The summed E-state index contributed by atoms with van der Waals surface area (Å²) in [5, 5.41) is 0.751. The molecule has 0 aliphatic carbocycles. The Labute approximate surface area is 151 Å². The third-order valence-electron chi connectivity index (χ3n) is 4.76. The summed E-state index contributed by atoms with van der Waals surface area (Å²) in [5.41, 5.74) is 1.64. The largest absolute Gasteiger partial charge is 0.381 e. The van der Waals surface area contributed by atoms with Crippen molar-refractivity contribution in [2.24, 2.45) is 5.92 Å². The number of para-hydroxylation sites is 2. The number of nitrogens with one attached hydrogen (secondary N) is 1. The van der Waals surface area contributed by atoms with E-state index in [9.17, 15) is 9.59 Å². The molecule has 0 unspecified atom stereocenters. The van der Waals surface area contributed by atoms with Gasteiger partial charge in [0, 0.05) is 41.7 Å². The molecule has 5 nitrogen and oxygen atoms in total. The molecule has 1 aliphatic rings. The molecule has 1 atom stereocenters. The molecule has 132 valence electrons. The fourth-order valence-electron chi connectivity index (χ4n) is 3.43. The molecule has 1 aromatic heterocycles. The van der Waals surface area contributed by atoms with Gasteiger partial charge < -0.3 is 14.6 Å². The van der Waals surface area contributed by atoms with E-state index in [1.807, 2.05) is 54.6 Å². The van der Waals surface area contributed by atoms with Crippen molar-refractivity contribution in [1.29, 1.82) is 0 Å². The number of pyridine rings is 1. The zero-order chi connectivity index (χ0) is 17.9. The standard InChI is InChI=1S/C21H20N2O3/c24-20-12-18(17-8-4-5-9-19(17)22-20)21(25)23(13-15-10-11-26-14-15)16-6-2-1-3-7-16/h1-9,12,15H,10-11,13-14H2,(H,22,24)/t15-/m0/s1. The second-order valence-corrected chi connectivity index (χ2v) is 6.57. The van der Waals surface area contributed by atoms with E-state index in [-0.39, 0.29) is 11.5 Å².